The monoisotopic (exact) mass is 207 g/mol. The summed E-state index contributed by atoms with van der Waals surface area (Å²) in [5.74, 6) is -0.598. The number of pyridine rings is 1. The molecule has 1 amide bonds. The third-order valence-corrected chi connectivity index (χ3v) is 1.61. The lowest BCUT2D eigenvalue weighted by Crippen LogP contribution is -2.37. The lowest BCUT2D eigenvalue weighted by Gasteiger charge is -2.05. The number of rotatable bonds is 4. The molecule has 0 saturated carbocycles. The van der Waals surface area contributed by atoms with E-state index >= 15 is 0 Å². The number of anilines is 1. The number of amides is 1. The fraction of sp³-hybridized carbons (Fsp3) is 0.111. The van der Waals surface area contributed by atoms with Crippen molar-refractivity contribution in [1.29, 1.82) is 0 Å². The Hall–Kier alpha value is -2.24. The molecule has 0 spiro atoms. The highest BCUT2D eigenvalue weighted by Crippen LogP contribution is 2.00. The van der Waals surface area contributed by atoms with Gasteiger partial charge in [0.25, 0.3) is 5.91 Å². The minimum absolute atomic E-state index is 0.0953. The zero-order valence-corrected chi connectivity index (χ0v) is 7.71. The number of aromatic nitrogens is 1. The van der Waals surface area contributed by atoms with Crippen molar-refractivity contribution >= 4 is 24.2 Å². The van der Waals surface area contributed by atoms with Crippen LogP contribution in [0.1, 0.15) is 10.5 Å². The van der Waals surface area contributed by atoms with Crippen LogP contribution >= 0.6 is 0 Å². The Morgan fingerprint density at radius 3 is 2.53 bits per heavy atom. The molecule has 0 aliphatic carbocycles. The summed E-state index contributed by atoms with van der Waals surface area (Å²) in [5.41, 5.74) is 5.89. The van der Waals surface area contributed by atoms with E-state index in [4.69, 9.17) is 5.73 Å². The second kappa shape index (κ2) is 4.85. The number of hydrogen-bond acceptors (Lipinski definition) is 5. The van der Waals surface area contributed by atoms with E-state index < -0.39 is 11.9 Å². The molecule has 1 rings (SSSR count). The predicted molar refractivity (Wildman–Crippen MR) is 52.0 cm³/mol. The highest BCUT2D eigenvalue weighted by Gasteiger charge is 2.12. The van der Waals surface area contributed by atoms with Crippen molar-refractivity contribution in [3.8, 4) is 0 Å². The lowest BCUT2D eigenvalue weighted by molar-refractivity contribution is -0.116. The average Bonchev–Trinajstić information content (AvgIpc) is 2.26. The van der Waals surface area contributed by atoms with Crippen LogP contribution in [0.2, 0.25) is 0 Å². The van der Waals surface area contributed by atoms with Crippen LogP contribution in [0.25, 0.3) is 0 Å². The molecular formula is C9H9N3O3. The third kappa shape index (κ3) is 2.87. The Labute approximate surface area is 85.5 Å². The molecule has 78 valence electrons. The van der Waals surface area contributed by atoms with E-state index in [1.54, 1.807) is 0 Å². The SMILES string of the molecule is Nc1ccc(C(=O)NC(C=O)C=O)nc1. The van der Waals surface area contributed by atoms with Gasteiger partial charge < -0.3 is 20.6 Å². The van der Waals surface area contributed by atoms with Crippen LogP contribution in [-0.2, 0) is 9.59 Å². The van der Waals surface area contributed by atoms with Crippen molar-refractivity contribution in [3.63, 3.8) is 0 Å². The van der Waals surface area contributed by atoms with Crippen LogP contribution in [0.3, 0.4) is 0 Å². The van der Waals surface area contributed by atoms with Gasteiger partial charge in [-0.25, -0.2) is 4.98 Å². The maximum Gasteiger partial charge on any atom is 0.270 e. The fourth-order valence-corrected chi connectivity index (χ4v) is 0.865. The zero-order chi connectivity index (χ0) is 11.3. The fourth-order valence-electron chi connectivity index (χ4n) is 0.865. The number of nitrogens with one attached hydrogen (secondary N) is 1. The first-order chi connectivity index (χ1) is 7.17. The molecule has 15 heavy (non-hydrogen) atoms. The van der Waals surface area contributed by atoms with Gasteiger partial charge in [0.05, 0.1) is 11.9 Å². The zero-order valence-electron chi connectivity index (χ0n) is 7.71. The van der Waals surface area contributed by atoms with Crippen molar-refractivity contribution in [1.82, 2.24) is 10.3 Å². The molecule has 0 bridgehead atoms. The highest BCUT2D eigenvalue weighted by atomic mass is 16.2. The lowest BCUT2D eigenvalue weighted by atomic mass is 10.3. The summed E-state index contributed by atoms with van der Waals surface area (Å²) in [6.45, 7) is 0. The molecule has 0 saturated heterocycles. The molecule has 0 atom stereocenters. The van der Waals surface area contributed by atoms with Crippen molar-refractivity contribution in [2.75, 3.05) is 5.73 Å². The van der Waals surface area contributed by atoms with Crippen LogP contribution in [0.15, 0.2) is 18.3 Å². The van der Waals surface area contributed by atoms with Gasteiger partial charge in [0.1, 0.15) is 24.3 Å². The van der Waals surface area contributed by atoms with E-state index in [1.165, 1.54) is 18.3 Å². The molecule has 0 aliphatic rings. The Morgan fingerprint density at radius 1 is 1.40 bits per heavy atom. The summed E-state index contributed by atoms with van der Waals surface area (Å²) >= 11 is 0. The maximum atomic E-state index is 11.4. The minimum Gasteiger partial charge on any atom is -0.397 e. The number of carbonyl (C=O) groups excluding carboxylic acids is 3. The topological polar surface area (TPSA) is 102 Å². The summed E-state index contributed by atoms with van der Waals surface area (Å²) in [4.78, 5) is 35.6. The molecule has 1 heterocycles. The number of nitrogens with two attached hydrogens (primary N) is 1. The predicted octanol–water partition coefficient (Wildman–Crippen LogP) is -0.840. The van der Waals surface area contributed by atoms with Gasteiger partial charge in [-0.05, 0) is 12.1 Å². The van der Waals surface area contributed by atoms with E-state index in [-0.39, 0.29) is 5.69 Å². The molecule has 0 aromatic carbocycles. The summed E-state index contributed by atoms with van der Waals surface area (Å²) in [5, 5.41) is 2.17. The largest absolute Gasteiger partial charge is 0.397 e. The summed E-state index contributed by atoms with van der Waals surface area (Å²) in [7, 11) is 0. The molecule has 0 fully saturated rings. The summed E-state index contributed by atoms with van der Waals surface area (Å²) < 4.78 is 0. The number of carbonyl (C=O) groups is 3. The molecule has 1 aromatic heterocycles. The van der Waals surface area contributed by atoms with E-state index in [9.17, 15) is 14.4 Å². The van der Waals surface area contributed by atoms with E-state index in [0.717, 1.165) is 0 Å². The first-order valence-corrected chi connectivity index (χ1v) is 4.10. The summed E-state index contributed by atoms with van der Waals surface area (Å²) in [6.07, 6.45) is 1.98. The molecule has 6 heteroatoms. The van der Waals surface area contributed by atoms with Crippen LogP contribution in [-0.4, -0.2) is 29.5 Å². The number of aldehydes is 2. The molecule has 3 N–H and O–H groups in total. The van der Waals surface area contributed by atoms with Gasteiger partial charge >= 0.3 is 0 Å². The van der Waals surface area contributed by atoms with Crippen molar-refractivity contribution in [2.45, 2.75) is 6.04 Å². The first kappa shape index (κ1) is 10.8. The van der Waals surface area contributed by atoms with Crippen LogP contribution in [0, 0.1) is 0 Å². The van der Waals surface area contributed by atoms with Gasteiger partial charge in [0, 0.05) is 0 Å². The normalized spacial score (nSPS) is 9.67. The van der Waals surface area contributed by atoms with Crippen molar-refractivity contribution in [2.24, 2.45) is 0 Å². The van der Waals surface area contributed by atoms with Gasteiger partial charge in [-0.2, -0.15) is 0 Å². The first-order valence-electron chi connectivity index (χ1n) is 4.10. The van der Waals surface area contributed by atoms with E-state index in [2.05, 4.69) is 10.3 Å². The smallest absolute Gasteiger partial charge is 0.270 e. The molecular weight excluding hydrogens is 198 g/mol. The number of nitrogen functional groups attached to an aromatic ring is 1. The molecule has 0 aliphatic heterocycles. The second-order valence-electron chi connectivity index (χ2n) is 2.75. The van der Waals surface area contributed by atoms with Crippen molar-refractivity contribution < 1.29 is 14.4 Å². The number of nitrogens with zero attached hydrogens (tertiary/aromatic N) is 1. The molecule has 0 unspecified atom stereocenters. The summed E-state index contributed by atoms with van der Waals surface area (Å²) in [6, 6.07) is 1.76. The van der Waals surface area contributed by atoms with E-state index in [0.29, 0.717) is 18.3 Å². The van der Waals surface area contributed by atoms with Gasteiger partial charge in [-0.15, -0.1) is 0 Å². The van der Waals surface area contributed by atoms with Gasteiger partial charge in [-0.3, -0.25) is 4.79 Å². The van der Waals surface area contributed by atoms with Gasteiger partial charge in [0.2, 0.25) is 0 Å². The van der Waals surface area contributed by atoms with Gasteiger partial charge in [0.15, 0.2) is 0 Å². The quantitative estimate of drug-likeness (QED) is 0.495. The Morgan fingerprint density at radius 2 is 2.07 bits per heavy atom. The average molecular weight is 207 g/mol. The maximum absolute atomic E-state index is 11.4. The highest BCUT2D eigenvalue weighted by molar-refractivity contribution is 5.97. The number of hydrogen-bond donors (Lipinski definition) is 2. The van der Waals surface area contributed by atoms with Gasteiger partial charge in [-0.1, -0.05) is 0 Å². The Kier molecular flexibility index (Phi) is 3.50. The van der Waals surface area contributed by atoms with Crippen molar-refractivity contribution in [3.05, 3.63) is 24.0 Å². The second-order valence-corrected chi connectivity index (χ2v) is 2.75. The third-order valence-electron chi connectivity index (χ3n) is 1.61. The standard InChI is InChI=1S/C9H9N3O3/c10-6-1-2-8(11-3-6)9(15)12-7(4-13)5-14/h1-5,7H,10H2,(H,12,15). The molecule has 0 radical (unpaired) electrons. The van der Waals surface area contributed by atoms with Crippen LogP contribution in [0.5, 0.6) is 0 Å². The molecule has 1 aromatic rings. The van der Waals surface area contributed by atoms with Crippen LogP contribution in [0.4, 0.5) is 5.69 Å². The Balaban J connectivity index is 2.72. The molecule has 6 nitrogen and oxygen atoms in total. The van der Waals surface area contributed by atoms with E-state index in [1.807, 2.05) is 0 Å². The minimum atomic E-state index is -1.14. The Bertz CT molecular complexity index is 367. The van der Waals surface area contributed by atoms with Crippen LogP contribution < -0.4 is 11.1 Å².